The van der Waals surface area contributed by atoms with Crippen LogP contribution in [0.4, 0.5) is 14.7 Å². The number of H-pyrrole nitrogens is 1. The summed E-state index contributed by atoms with van der Waals surface area (Å²) >= 11 is 0. The highest BCUT2D eigenvalue weighted by Gasteiger charge is 2.43. The normalized spacial score (nSPS) is 20.4. The first kappa shape index (κ1) is 19.6. The number of anilines is 1. The van der Waals surface area contributed by atoms with Crippen molar-refractivity contribution >= 4 is 11.9 Å². The number of hydrogen-bond acceptors (Lipinski definition) is 5. The maximum Gasteiger partial charge on any atom is 0.257 e. The van der Waals surface area contributed by atoms with Gasteiger partial charge in [0.15, 0.2) is 5.82 Å². The van der Waals surface area contributed by atoms with Crippen LogP contribution in [-0.2, 0) is 0 Å². The zero-order valence-corrected chi connectivity index (χ0v) is 17.3. The smallest absolute Gasteiger partial charge is 0.257 e. The van der Waals surface area contributed by atoms with Crippen molar-refractivity contribution in [3.05, 3.63) is 59.0 Å². The van der Waals surface area contributed by atoms with Crippen molar-refractivity contribution in [1.29, 1.82) is 0 Å². The van der Waals surface area contributed by atoms with Gasteiger partial charge in [-0.05, 0) is 26.0 Å². The summed E-state index contributed by atoms with van der Waals surface area (Å²) in [5.74, 6) is -0.484. The summed E-state index contributed by atoms with van der Waals surface area (Å²) in [7, 11) is 0. The standard InChI is InChI=1S/C22H22F2N6O/c1-12-6-13(2)27-22(26-12)30-10-14-8-29(9-15(14)11-30)21(31)19-16(4-3-5-17(19)23)20-18(24)7-25-28-20/h3-7,14-15H,8-11H2,1-2H3,(H,25,28). The Labute approximate surface area is 178 Å². The van der Waals surface area contributed by atoms with Crippen LogP contribution in [0.5, 0.6) is 0 Å². The minimum absolute atomic E-state index is 0.0142. The first-order valence-electron chi connectivity index (χ1n) is 10.2. The molecule has 2 fully saturated rings. The molecule has 2 aliphatic heterocycles. The molecule has 2 aromatic heterocycles. The summed E-state index contributed by atoms with van der Waals surface area (Å²) < 4.78 is 28.8. The summed E-state index contributed by atoms with van der Waals surface area (Å²) in [4.78, 5) is 26.2. The summed E-state index contributed by atoms with van der Waals surface area (Å²) in [6.07, 6.45) is 1.01. The van der Waals surface area contributed by atoms with Gasteiger partial charge in [-0.3, -0.25) is 9.89 Å². The highest BCUT2D eigenvalue weighted by atomic mass is 19.1. The van der Waals surface area contributed by atoms with E-state index in [0.717, 1.165) is 36.6 Å². The number of benzene rings is 1. The second-order valence-corrected chi connectivity index (χ2v) is 8.34. The Bertz CT molecular complexity index is 1130. The third-order valence-corrected chi connectivity index (χ3v) is 6.12. The van der Waals surface area contributed by atoms with Crippen molar-refractivity contribution in [2.24, 2.45) is 11.8 Å². The van der Waals surface area contributed by atoms with Crippen LogP contribution in [0.15, 0.2) is 30.5 Å². The van der Waals surface area contributed by atoms with Gasteiger partial charge < -0.3 is 9.80 Å². The summed E-state index contributed by atoms with van der Waals surface area (Å²) in [6, 6.07) is 6.15. The Kier molecular flexibility index (Phi) is 4.68. The number of aromatic amines is 1. The topological polar surface area (TPSA) is 78.0 Å². The molecule has 2 unspecified atom stereocenters. The molecule has 1 aromatic carbocycles. The van der Waals surface area contributed by atoms with E-state index in [2.05, 4.69) is 25.1 Å². The molecule has 0 aliphatic carbocycles. The molecule has 2 atom stereocenters. The predicted molar refractivity (Wildman–Crippen MR) is 111 cm³/mol. The SMILES string of the molecule is Cc1cc(C)nc(N2CC3CN(C(=O)c4c(F)cccc4-c4[nH]ncc4F)CC3C2)n1. The van der Waals surface area contributed by atoms with E-state index in [1.165, 1.54) is 18.2 Å². The van der Waals surface area contributed by atoms with Crippen LogP contribution in [0.1, 0.15) is 21.7 Å². The maximum absolute atomic E-state index is 14.7. The Hall–Kier alpha value is -3.36. The number of rotatable bonds is 3. The maximum atomic E-state index is 14.7. The molecule has 3 aromatic rings. The molecular formula is C22H22F2N6O. The molecule has 0 bridgehead atoms. The molecular weight excluding hydrogens is 402 g/mol. The van der Waals surface area contributed by atoms with E-state index in [4.69, 9.17) is 0 Å². The number of halogens is 2. The van der Waals surface area contributed by atoms with E-state index in [1.807, 2.05) is 19.9 Å². The number of fused-ring (bicyclic) bond motifs is 1. The lowest BCUT2D eigenvalue weighted by molar-refractivity contribution is 0.0778. The third kappa shape index (κ3) is 3.43. The number of amides is 1. The summed E-state index contributed by atoms with van der Waals surface area (Å²) in [5.41, 5.74) is 1.92. The monoisotopic (exact) mass is 424 g/mol. The van der Waals surface area contributed by atoms with E-state index in [9.17, 15) is 13.6 Å². The van der Waals surface area contributed by atoms with Gasteiger partial charge in [0.2, 0.25) is 5.95 Å². The fourth-order valence-electron chi connectivity index (χ4n) is 4.74. The Balaban J connectivity index is 1.36. The van der Waals surface area contributed by atoms with Crippen LogP contribution in [0, 0.1) is 37.3 Å². The van der Waals surface area contributed by atoms with E-state index in [0.29, 0.717) is 13.1 Å². The Morgan fingerprint density at radius 1 is 1.03 bits per heavy atom. The minimum Gasteiger partial charge on any atom is -0.340 e. The van der Waals surface area contributed by atoms with E-state index in [-0.39, 0.29) is 28.7 Å². The van der Waals surface area contributed by atoms with Gasteiger partial charge in [0.25, 0.3) is 5.91 Å². The van der Waals surface area contributed by atoms with Gasteiger partial charge in [0.05, 0.1) is 11.8 Å². The van der Waals surface area contributed by atoms with Crippen LogP contribution in [0.3, 0.4) is 0 Å². The van der Waals surface area contributed by atoms with Crippen LogP contribution in [0.2, 0.25) is 0 Å². The molecule has 9 heteroatoms. The quantitative estimate of drug-likeness (QED) is 0.700. The first-order chi connectivity index (χ1) is 14.9. The second kappa shape index (κ2) is 7.40. The average molecular weight is 424 g/mol. The van der Waals surface area contributed by atoms with Gasteiger partial charge in [-0.2, -0.15) is 5.10 Å². The number of nitrogens with one attached hydrogen (secondary N) is 1. The Morgan fingerprint density at radius 2 is 1.71 bits per heavy atom. The number of hydrogen-bond donors (Lipinski definition) is 1. The molecule has 2 aliphatic rings. The lowest BCUT2D eigenvalue weighted by atomic mass is 10.0. The van der Waals surface area contributed by atoms with Crippen LogP contribution in [0.25, 0.3) is 11.3 Å². The van der Waals surface area contributed by atoms with Gasteiger partial charge in [0.1, 0.15) is 11.5 Å². The third-order valence-electron chi connectivity index (χ3n) is 6.12. The molecule has 4 heterocycles. The molecule has 2 saturated heterocycles. The van der Waals surface area contributed by atoms with Gasteiger partial charge in [0, 0.05) is 55.0 Å². The van der Waals surface area contributed by atoms with Crippen molar-refractivity contribution in [1.82, 2.24) is 25.1 Å². The molecule has 0 radical (unpaired) electrons. The van der Waals surface area contributed by atoms with Crippen molar-refractivity contribution in [3.8, 4) is 11.3 Å². The number of nitrogens with zero attached hydrogens (tertiary/aromatic N) is 5. The minimum atomic E-state index is -0.668. The summed E-state index contributed by atoms with van der Waals surface area (Å²) in [5, 5.41) is 6.18. The summed E-state index contributed by atoms with van der Waals surface area (Å²) in [6.45, 7) is 6.43. The zero-order valence-electron chi connectivity index (χ0n) is 17.3. The van der Waals surface area contributed by atoms with Gasteiger partial charge in [-0.15, -0.1) is 0 Å². The van der Waals surface area contributed by atoms with Crippen LogP contribution in [-0.4, -0.2) is 57.2 Å². The molecule has 1 N–H and O–H groups in total. The molecule has 5 rings (SSSR count). The van der Waals surface area contributed by atoms with Crippen LogP contribution >= 0.6 is 0 Å². The van der Waals surface area contributed by atoms with Crippen molar-refractivity contribution in [3.63, 3.8) is 0 Å². The largest absolute Gasteiger partial charge is 0.340 e. The molecule has 160 valence electrons. The number of aromatic nitrogens is 4. The first-order valence-corrected chi connectivity index (χ1v) is 10.2. The van der Waals surface area contributed by atoms with E-state index >= 15 is 0 Å². The van der Waals surface area contributed by atoms with Gasteiger partial charge >= 0.3 is 0 Å². The molecule has 7 nitrogen and oxygen atoms in total. The number of carbonyl (C=O) groups is 1. The van der Waals surface area contributed by atoms with Crippen molar-refractivity contribution in [2.75, 3.05) is 31.1 Å². The fourth-order valence-corrected chi connectivity index (χ4v) is 4.74. The van der Waals surface area contributed by atoms with Gasteiger partial charge in [-0.25, -0.2) is 18.7 Å². The molecule has 0 saturated carbocycles. The van der Waals surface area contributed by atoms with E-state index in [1.54, 1.807) is 4.90 Å². The zero-order chi connectivity index (χ0) is 21.7. The molecule has 0 spiro atoms. The highest BCUT2D eigenvalue weighted by Crippen LogP contribution is 2.35. The average Bonchev–Trinajstić information content (AvgIpc) is 3.41. The van der Waals surface area contributed by atoms with Crippen molar-refractivity contribution < 1.29 is 13.6 Å². The molecule has 31 heavy (non-hydrogen) atoms. The fraction of sp³-hybridized carbons (Fsp3) is 0.364. The van der Waals surface area contributed by atoms with Gasteiger partial charge in [-0.1, -0.05) is 12.1 Å². The number of likely N-dealkylation sites (tertiary alicyclic amines) is 1. The Morgan fingerprint density at radius 3 is 2.32 bits per heavy atom. The van der Waals surface area contributed by atoms with E-state index < -0.39 is 17.5 Å². The highest BCUT2D eigenvalue weighted by molar-refractivity contribution is 6.01. The number of aryl methyl sites for hydroxylation is 2. The lowest BCUT2D eigenvalue weighted by Crippen LogP contribution is -2.34. The van der Waals surface area contributed by atoms with Crippen molar-refractivity contribution in [2.45, 2.75) is 13.8 Å². The molecule has 1 amide bonds. The number of carbonyl (C=O) groups excluding carboxylic acids is 1. The lowest BCUT2D eigenvalue weighted by Gasteiger charge is -2.23. The predicted octanol–water partition coefficient (Wildman–Crippen LogP) is 2.97. The second-order valence-electron chi connectivity index (χ2n) is 8.34. The van der Waals surface area contributed by atoms with Crippen LogP contribution < -0.4 is 4.90 Å².